The molecule has 2 unspecified atom stereocenters. The van der Waals surface area contributed by atoms with E-state index in [1.54, 1.807) is 0 Å². The molecular formula is C33H53N5O6. The van der Waals surface area contributed by atoms with Gasteiger partial charge in [0.2, 0.25) is 17.6 Å². The van der Waals surface area contributed by atoms with E-state index in [9.17, 15) is 28.8 Å². The third-order valence-corrected chi connectivity index (χ3v) is 10.6. The summed E-state index contributed by atoms with van der Waals surface area (Å²) in [7, 11) is 0. The lowest BCUT2D eigenvalue weighted by Crippen LogP contribution is -2.62. The lowest BCUT2D eigenvalue weighted by Gasteiger charge is -2.38. The molecule has 4 fully saturated rings. The Morgan fingerprint density at radius 1 is 0.909 bits per heavy atom. The SMILES string of the molecule is CC(C)[C@H](NC(=O)N[C@H](C(=O)N1C[C@H]2C([C@H]1C(=O)NC(CC1CC1)C(=O)C(N)=O)C2(C)C)C(C)(C)C)C(=O)C1CCCCC1. The van der Waals surface area contributed by atoms with Gasteiger partial charge in [0.25, 0.3) is 5.91 Å². The number of nitrogens with one attached hydrogen (secondary N) is 3. The van der Waals surface area contributed by atoms with Gasteiger partial charge in [-0.15, -0.1) is 0 Å². The number of primary amides is 1. The van der Waals surface area contributed by atoms with Crippen molar-refractivity contribution in [3.8, 4) is 0 Å². The van der Waals surface area contributed by atoms with Gasteiger partial charge in [-0.1, -0.05) is 80.6 Å². The van der Waals surface area contributed by atoms with Gasteiger partial charge < -0.3 is 26.6 Å². The molecule has 3 saturated carbocycles. The van der Waals surface area contributed by atoms with Gasteiger partial charge in [0.15, 0.2) is 5.78 Å². The Balaban J connectivity index is 1.51. The second-order valence-electron chi connectivity index (χ2n) is 15.7. The second kappa shape index (κ2) is 12.8. The fourth-order valence-corrected chi connectivity index (χ4v) is 7.50. The number of carbonyl (C=O) groups is 6. The number of piperidine rings is 1. The van der Waals surface area contributed by atoms with Crippen molar-refractivity contribution >= 4 is 35.3 Å². The number of nitrogens with two attached hydrogens (primary N) is 1. The van der Waals surface area contributed by atoms with Crippen LogP contribution in [0.5, 0.6) is 0 Å². The van der Waals surface area contributed by atoms with Gasteiger partial charge in [-0.25, -0.2) is 4.79 Å². The highest BCUT2D eigenvalue weighted by atomic mass is 16.2. The molecule has 5 amide bonds. The molecule has 3 aliphatic carbocycles. The Bertz CT molecular complexity index is 1170. The molecule has 0 aromatic carbocycles. The molecule has 6 atom stereocenters. The van der Waals surface area contributed by atoms with Crippen LogP contribution in [-0.2, 0) is 24.0 Å². The van der Waals surface area contributed by atoms with E-state index in [1.165, 1.54) is 4.90 Å². The molecule has 0 radical (unpaired) electrons. The van der Waals surface area contributed by atoms with Gasteiger partial charge in [0.1, 0.15) is 12.1 Å². The van der Waals surface area contributed by atoms with Crippen molar-refractivity contribution in [2.45, 2.75) is 124 Å². The smallest absolute Gasteiger partial charge is 0.316 e. The van der Waals surface area contributed by atoms with E-state index in [2.05, 4.69) is 29.8 Å². The zero-order valence-corrected chi connectivity index (χ0v) is 27.5. The molecule has 0 aromatic rings. The lowest BCUT2D eigenvalue weighted by atomic mass is 9.81. The summed E-state index contributed by atoms with van der Waals surface area (Å²) in [6, 6.07) is -4.12. The molecule has 11 nitrogen and oxygen atoms in total. The number of amides is 5. The number of hydrogen-bond donors (Lipinski definition) is 4. The van der Waals surface area contributed by atoms with Crippen LogP contribution < -0.4 is 21.7 Å². The second-order valence-corrected chi connectivity index (χ2v) is 15.7. The standard InChI is InChI=1S/C33H53N5O6/c1-17(2)23(25(39)19-11-9-8-10-12-19)36-31(44)37-27(32(3,4)5)30(43)38-16-20-22(33(20,6)7)24(38)29(42)35-21(15-18-13-14-18)26(40)28(34)41/h17-24,27H,8-16H2,1-7H3,(H2,34,41)(H,35,42)(H2,36,37,44)/t20-,21?,22?,23-,24-,27+/m0/s1. The monoisotopic (exact) mass is 615 g/mol. The Kier molecular flexibility index (Phi) is 9.86. The van der Waals surface area contributed by atoms with E-state index in [1.807, 2.05) is 34.6 Å². The van der Waals surface area contributed by atoms with Crippen molar-refractivity contribution in [1.82, 2.24) is 20.9 Å². The van der Waals surface area contributed by atoms with Gasteiger partial charge in [0.05, 0.1) is 12.1 Å². The van der Waals surface area contributed by atoms with Crippen LogP contribution in [0.25, 0.3) is 0 Å². The first-order valence-electron chi connectivity index (χ1n) is 16.5. The maximum Gasteiger partial charge on any atom is 0.316 e. The zero-order chi connectivity index (χ0) is 32.7. The summed E-state index contributed by atoms with van der Waals surface area (Å²) in [5.41, 5.74) is 4.40. The minimum Gasteiger partial charge on any atom is -0.363 e. The number of rotatable bonds is 12. The van der Waals surface area contributed by atoms with Crippen LogP contribution in [0.1, 0.15) is 99.8 Å². The Hall–Kier alpha value is -2.98. The summed E-state index contributed by atoms with van der Waals surface area (Å²) in [5.74, 6) is -2.73. The average molecular weight is 616 g/mol. The summed E-state index contributed by atoms with van der Waals surface area (Å²) >= 11 is 0. The van der Waals surface area contributed by atoms with Crippen LogP contribution in [0, 0.1) is 40.4 Å². The number of carbonyl (C=O) groups excluding carboxylic acids is 6. The molecule has 0 spiro atoms. The summed E-state index contributed by atoms with van der Waals surface area (Å²) in [6.07, 6.45) is 7.00. The highest BCUT2D eigenvalue weighted by molar-refractivity contribution is 6.37. The van der Waals surface area contributed by atoms with Crippen molar-refractivity contribution < 1.29 is 28.8 Å². The van der Waals surface area contributed by atoms with Crippen molar-refractivity contribution in [1.29, 1.82) is 0 Å². The maximum atomic E-state index is 14.2. The Morgan fingerprint density at radius 3 is 2.05 bits per heavy atom. The number of likely N-dealkylation sites (tertiary alicyclic amines) is 1. The molecule has 4 aliphatic rings. The molecule has 44 heavy (non-hydrogen) atoms. The fraction of sp³-hybridized carbons (Fsp3) is 0.818. The summed E-state index contributed by atoms with van der Waals surface area (Å²) in [6.45, 7) is 13.8. The highest BCUT2D eigenvalue weighted by Crippen LogP contribution is 2.65. The van der Waals surface area contributed by atoms with Crippen LogP contribution in [-0.4, -0.2) is 70.9 Å². The van der Waals surface area contributed by atoms with Gasteiger partial charge in [0, 0.05) is 12.5 Å². The molecule has 246 valence electrons. The minimum atomic E-state index is -1.09. The maximum absolute atomic E-state index is 14.2. The van der Waals surface area contributed by atoms with Crippen molar-refractivity contribution in [2.24, 2.45) is 46.2 Å². The Morgan fingerprint density at radius 2 is 1.52 bits per heavy atom. The van der Waals surface area contributed by atoms with Gasteiger partial charge >= 0.3 is 6.03 Å². The molecule has 11 heteroatoms. The molecule has 4 rings (SSSR count). The quantitative estimate of drug-likeness (QED) is 0.246. The van der Waals surface area contributed by atoms with Crippen LogP contribution in [0.2, 0.25) is 0 Å². The number of fused-ring (bicyclic) bond motifs is 1. The normalized spacial score (nSPS) is 26.6. The minimum absolute atomic E-state index is 0.0401. The highest BCUT2D eigenvalue weighted by Gasteiger charge is 2.70. The molecular weight excluding hydrogens is 562 g/mol. The summed E-state index contributed by atoms with van der Waals surface area (Å²) < 4.78 is 0. The van der Waals surface area contributed by atoms with E-state index in [4.69, 9.17) is 5.73 Å². The van der Waals surface area contributed by atoms with Crippen LogP contribution >= 0.6 is 0 Å². The first-order chi connectivity index (χ1) is 20.4. The van der Waals surface area contributed by atoms with E-state index in [0.29, 0.717) is 13.0 Å². The van der Waals surface area contributed by atoms with Crippen molar-refractivity contribution in [3.05, 3.63) is 0 Å². The van der Waals surface area contributed by atoms with Gasteiger partial charge in [-0.05, 0) is 53.8 Å². The number of nitrogens with zero attached hydrogens (tertiary/aromatic N) is 1. The Labute approximate surface area is 261 Å². The fourth-order valence-electron chi connectivity index (χ4n) is 7.50. The molecule has 1 aliphatic heterocycles. The van der Waals surface area contributed by atoms with E-state index in [-0.39, 0.29) is 40.8 Å². The topological polar surface area (TPSA) is 168 Å². The third kappa shape index (κ3) is 7.28. The van der Waals surface area contributed by atoms with Gasteiger partial charge in [-0.2, -0.15) is 0 Å². The van der Waals surface area contributed by atoms with Crippen LogP contribution in [0.3, 0.4) is 0 Å². The number of Topliss-reactive ketones (excluding diaryl/α,β-unsaturated/α-hetero) is 2. The van der Waals surface area contributed by atoms with E-state index >= 15 is 0 Å². The first kappa shape index (κ1) is 33.9. The predicted molar refractivity (Wildman–Crippen MR) is 165 cm³/mol. The summed E-state index contributed by atoms with van der Waals surface area (Å²) in [4.78, 5) is 80.7. The predicted octanol–water partition coefficient (Wildman–Crippen LogP) is 2.70. The zero-order valence-electron chi connectivity index (χ0n) is 27.5. The molecule has 0 aromatic heterocycles. The third-order valence-electron chi connectivity index (χ3n) is 10.6. The summed E-state index contributed by atoms with van der Waals surface area (Å²) in [5, 5.41) is 8.49. The van der Waals surface area contributed by atoms with Crippen molar-refractivity contribution in [3.63, 3.8) is 0 Å². The molecule has 1 heterocycles. The van der Waals surface area contributed by atoms with Crippen LogP contribution in [0.4, 0.5) is 4.79 Å². The van der Waals surface area contributed by atoms with Crippen molar-refractivity contribution in [2.75, 3.05) is 6.54 Å². The average Bonchev–Trinajstić information content (AvgIpc) is 3.80. The lowest BCUT2D eigenvalue weighted by molar-refractivity contribution is -0.145. The first-order valence-corrected chi connectivity index (χ1v) is 16.5. The molecule has 5 N–H and O–H groups in total. The van der Waals surface area contributed by atoms with E-state index < -0.39 is 59.1 Å². The van der Waals surface area contributed by atoms with E-state index in [0.717, 1.165) is 44.9 Å². The molecule has 0 bridgehead atoms. The number of urea groups is 1. The number of ketones is 2. The largest absolute Gasteiger partial charge is 0.363 e. The molecule has 1 saturated heterocycles. The van der Waals surface area contributed by atoms with Crippen LogP contribution in [0.15, 0.2) is 0 Å². The number of hydrogen-bond acceptors (Lipinski definition) is 6. The van der Waals surface area contributed by atoms with Gasteiger partial charge in [-0.3, -0.25) is 24.0 Å².